The zero-order chi connectivity index (χ0) is 26.9. The second-order valence-corrected chi connectivity index (χ2v) is 10.4. The number of pyridine rings is 1. The molecule has 202 valence electrons. The maximum Gasteiger partial charge on any atom is 0.293 e. The Kier molecular flexibility index (Phi) is 6.94. The molecule has 0 radical (unpaired) electrons. The summed E-state index contributed by atoms with van der Waals surface area (Å²) in [7, 11) is 0. The van der Waals surface area contributed by atoms with E-state index in [4.69, 9.17) is 20.4 Å². The predicted octanol–water partition coefficient (Wildman–Crippen LogP) is 1.94. The van der Waals surface area contributed by atoms with Crippen LogP contribution in [-0.2, 0) is 24.4 Å². The lowest BCUT2D eigenvalue weighted by molar-refractivity contribution is 0.179. The number of para-hydroxylation sites is 1. The number of piperidine rings is 1. The van der Waals surface area contributed by atoms with Gasteiger partial charge in [-0.15, -0.1) is 5.92 Å². The molecule has 2 saturated heterocycles. The number of anilines is 1. The molecule has 5 heterocycles. The van der Waals surface area contributed by atoms with Crippen molar-refractivity contribution >= 4 is 27.9 Å². The summed E-state index contributed by atoms with van der Waals surface area (Å²) in [6.45, 7) is 5.16. The number of nitrogens with zero attached hydrogens (tertiary/aromatic N) is 6. The summed E-state index contributed by atoms with van der Waals surface area (Å²) in [4.78, 5) is 40.0. The molecule has 0 bridgehead atoms. The van der Waals surface area contributed by atoms with Gasteiger partial charge in [-0.2, -0.15) is 0 Å². The van der Waals surface area contributed by atoms with Gasteiger partial charge in [-0.3, -0.25) is 19.1 Å². The molecular weight excluding hydrogens is 494 g/mol. The van der Waals surface area contributed by atoms with E-state index in [1.165, 1.54) is 4.68 Å². The van der Waals surface area contributed by atoms with E-state index in [9.17, 15) is 9.59 Å². The first kappa shape index (κ1) is 25.3. The molecule has 2 atom stereocenters. The van der Waals surface area contributed by atoms with E-state index >= 15 is 0 Å². The number of fused-ring (bicyclic) bond motifs is 2. The summed E-state index contributed by atoms with van der Waals surface area (Å²) in [6.07, 6.45) is 2.70. The molecule has 2 aliphatic rings. The molecular formula is C29H33N7O3. The average molecular weight is 528 g/mol. The highest BCUT2D eigenvalue weighted by molar-refractivity contribution is 5.79. The number of ether oxygens (including phenoxy) is 1. The van der Waals surface area contributed by atoms with E-state index in [1.54, 1.807) is 16.2 Å². The van der Waals surface area contributed by atoms with Crippen molar-refractivity contribution in [2.75, 3.05) is 31.2 Å². The molecule has 2 aliphatic heterocycles. The maximum absolute atomic E-state index is 14.3. The third kappa shape index (κ3) is 4.84. The lowest BCUT2D eigenvalue weighted by Crippen LogP contribution is -2.44. The summed E-state index contributed by atoms with van der Waals surface area (Å²) in [5.74, 6) is 6.71. The van der Waals surface area contributed by atoms with Crippen LogP contribution < -0.4 is 21.8 Å². The molecule has 0 amide bonds. The van der Waals surface area contributed by atoms with Crippen molar-refractivity contribution in [3.63, 3.8) is 0 Å². The van der Waals surface area contributed by atoms with Crippen molar-refractivity contribution in [3.05, 3.63) is 62.8 Å². The van der Waals surface area contributed by atoms with Gasteiger partial charge < -0.3 is 15.4 Å². The molecule has 10 heteroatoms. The van der Waals surface area contributed by atoms with E-state index in [-0.39, 0.29) is 47.2 Å². The molecule has 4 aromatic rings. The number of hydrogen-bond donors (Lipinski definition) is 1. The van der Waals surface area contributed by atoms with Gasteiger partial charge in [0, 0.05) is 43.6 Å². The van der Waals surface area contributed by atoms with Crippen LogP contribution in [0, 0.1) is 17.8 Å². The van der Waals surface area contributed by atoms with Crippen LogP contribution in [0.3, 0.4) is 0 Å². The van der Waals surface area contributed by atoms with Gasteiger partial charge in [-0.25, -0.2) is 14.3 Å². The summed E-state index contributed by atoms with van der Waals surface area (Å²) in [5.41, 5.74) is 7.70. The van der Waals surface area contributed by atoms with Crippen LogP contribution in [0.5, 0.6) is 0 Å². The minimum Gasteiger partial charge on any atom is -0.381 e. The highest BCUT2D eigenvalue weighted by atomic mass is 16.5. The minimum atomic E-state index is -0.289. The molecule has 1 aromatic carbocycles. The van der Waals surface area contributed by atoms with Gasteiger partial charge >= 0.3 is 0 Å². The summed E-state index contributed by atoms with van der Waals surface area (Å²) >= 11 is 0. The Morgan fingerprint density at radius 2 is 1.95 bits per heavy atom. The molecule has 0 saturated carbocycles. The standard InChI is InChI=1S/C29H33N7O3/c1-2-3-14-34-26-25(32-29(34)33-13-6-8-22(30)17-33)27(37)35(16-20-12-15-39-19-20)36(28(26)38)18-23-11-10-21-7-4-5-9-24(21)31-23/h4-5,7,9-11,20,22H,6,8,12-19,30H2,1H3. The molecule has 0 spiro atoms. The molecule has 2 unspecified atom stereocenters. The fraction of sp³-hybridized carbons (Fsp3) is 0.448. The van der Waals surface area contributed by atoms with Crippen LogP contribution in [0.15, 0.2) is 46.0 Å². The number of imidazole rings is 1. The monoisotopic (exact) mass is 527 g/mol. The second kappa shape index (κ2) is 10.7. The Hall–Kier alpha value is -3.94. The van der Waals surface area contributed by atoms with E-state index in [0.29, 0.717) is 37.9 Å². The Labute approximate surface area is 226 Å². The van der Waals surface area contributed by atoms with Gasteiger partial charge in [0.05, 0.1) is 30.9 Å². The van der Waals surface area contributed by atoms with Gasteiger partial charge in [0.1, 0.15) is 5.52 Å². The zero-order valence-corrected chi connectivity index (χ0v) is 22.2. The fourth-order valence-corrected chi connectivity index (χ4v) is 5.67. The normalized spacial score (nSPS) is 19.5. The molecule has 2 N–H and O–H groups in total. The van der Waals surface area contributed by atoms with Crippen molar-refractivity contribution in [3.8, 4) is 11.8 Å². The first-order chi connectivity index (χ1) is 19.0. The Balaban J connectivity index is 1.54. The molecule has 6 rings (SSSR count). The summed E-state index contributed by atoms with van der Waals surface area (Å²) < 4.78 is 10.5. The topological polar surface area (TPSA) is 113 Å². The smallest absolute Gasteiger partial charge is 0.293 e. The minimum absolute atomic E-state index is 0.0129. The Morgan fingerprint density at radius 3 is 2.74 bits per heavy atom. The fourth-order valence-electron chi connectivity index (χ4n) is 5.67. The number of nitrogens with two attached hydrogens (primary N) is 1. The van der Waals surface area contributed by atoms with Gasteiger partial charge in [0.25, 0.3) is 11.1 Å². The maximum atomic E-state index is 14.3. The van der Waals surface area contributed by atoms with Crippen LogP contribution in [0.4, 0.5) is 5.95 Å². The average Bonchev–Trinajstić information content (AvgIpc) is 3.60. The van der Waals surface area contributed by atoms with Gasteiger partial charge in [0.2, 0.25) is 5.95 Å². The van der Waals surface area contributed by atoms with E-state index in [0.717, 1.165) is 36.7 Å². The third-order valence-corrected chi connectivity index (χ3v) is 7.69. The van der Waals surface area contributed by atoms with E-state index < -0.39 is 0 Å². The number of aromatic nitrogens is 5. The van der Waals surface area contributed by atoms with Gasteiger partial charge in [-0.1, -0.05) is 30.2 Å². The number of hydrogen-bond acceptors (Lipinski definition) is 7. The van der Waals surface area contributed by atoms with E-state index in [1.807, 2.05) is 36.4 Å². The highest BCUT2D eigenvalue weighted by Crippen LogP contribution is 2.23. The van der Waals surface area contributed by atoms with Crippen LogP contribution in [0.1, 0.15) is 31.9 Å². The number of benzene rings is 1. The number of rotatable bonds is 6. The van der Waals surface area contributed by atoms with E-state index in [2.05, 4.69) is 16.7 Å². The molecule has 3 aromatic heterocycles. The van der Waals surface area contributed by atoms with Crippen molar-refractivity contribution in [2.45, 2.75) is 51.9 Å². The van der Waals surface area contributed by atoms with Crippen molar-refractivity contribution < 1.29 is 4.74 Å². The highest BCUT2D eigenvalue weighted by Gasteiger charge is 2.28. The van der Waals surface area contributed by atoms with Crippen LogP contribution in [0.2, 0.25) is 0 Å². The first-order valence-electron chi connectivity index (χ1n) is 13.6. The quantitative estimate of drug-likeness (QED) is 0.381. The lowest BCUT2D eigenvalue weighted by Gasteiger charge is -2.31. The van der Waals surface area contributed by atoms with Crippen molar-refractivity contribution in [1.29, 1.82) is 0 Å². The van der Waals surface area contributed by atoms with Gasteiger partial charge in [0.15, 0.2) is 5.52 Å². The van der Waals surface area contributed by atoms with Crippen LogP contribution in [0.25, 0.3) is 21.9 Å². The first-order valence-corrected chi connectivity index (χ1v) is 13.6. The van der Waals surface area contributed by atoms with Crippen molar-refractivity contribution in [1.82, 2.24) is 23.9 Å². The van der Waals surface area contributed by atoms with Crippen molar-refractivity contribution in [2.24, 2.45) is 11.7 Å². The Bertz CT molecular complexity index is 1700. The molecule has 0 aliphatic carbocycles. The third-order valence-electron chi connectivity index (χ3n) is 7.69. The molecule has 2 fully saturated rings. The van der Waals surface area contributed by atoms with Crippen LogP contribution >= 0.6 is 0 Å². The zero-order valence-electron chi connectivity index (χ0n) is 22.2. The van der Waals surface area contributed by atoms with Crippen LogP contribution in [-0.4, -0.2) is 56.2 Å². The SMILES string of the molecule is CC#CCn1c(N2CCCC(N)C2)nc2c(=O)n(CC3CCOC3)n(Cc3ccc4ccccc4n3)c(=O)c21. The molecule has 10 nitrogen and oxygen atoms in total. The summed E-state index contributed by atoms with van der Waals surface area (Å²) in [6, 6.07) is 11.8. The lowest BCUT2D eigenvalue weighted by atomic mass is 10.1. The van der Waals surface area contributed by atoms with Gasteiger partial charge in [-0.05, 0) is 38.3 Å². The summed E-state index contributed by atoms with van der Waals surface area (Å²) in [5, 5.41) is 1.02. The largest absolute Gasteiger partial charge is 0.381 e. The molecule has 39 heavy (non-hydrogen) atoms. The predicted molar refractivity (Wildman–Crippen MR) is 151 cm³/mol. The Morgan fingerprint density at radius 1 is 1.08 bits per heavy atom. The second-order valence-electron chi connectivity index (χ2n) is 10.4.